The number of carbonyl (C=O) groups is 1. The highest BCUT2D eigenvalue weighted by atomic mass is 16.3. The van der Waals surface area contributed by atoms with E-state index in [4.69, 9.17) is 5.11 Å². The Hall–Kier alpha value is -1.55. The Balaban J connectivity index is 2.73. The van der Waals surface area contributed by atoms with Crippen molar-refractivity contribution in [1.29, 1.82) is 0 Å². The van der Waals surface area contributed by atoms with Gasteiger partial charge in [-0.1, -0.05) is 17.7 Å². The van der Waals surface area contributed by atoms with Crippen LogP contribution in [0.3, 0.4) is 0 Å². The zero-order valence-electron chi connectivity index (χ0n) is 10.7. The maximum atomic E-state index is 11.9. The highest BCUT2D eigenvalue weighted by Crippen LogP contribution is 2.16. The first-order chi connectivity index (χ1) is 8.08. The van der Waals surface area contributed by atoms with Gasteiger partial charge in [0.1, 0.15) is 0 Å². The number of rotatable bonds is 4. The van der Waals surface area contributed by atoms with Crippen molar-refractivity contribution in [3.63, 3.8) is 0 Å². The molecule has 0 aliphatic heterocycles. The van der Waals surface area contributed by atoms with E-state index in [1.165, 1.54) is 5.56 Å². The summed E-state index contributed by atoms with van der Waals surface area (Å²) in [5.74, 6) is 0. The molecule has 0 atom stereocenters. The van der Waals surface area contributed by atoms with Crippen molar-refractivity contribution in [2.45, 2.75) is 20.8 Å². The fraction of sp³-hybridized carbons (Fsp3) is 0.462. The molecule has 0 saturated heterocycles. The fourth-order valence-electron chi connectivity index (χ4n) is 1.67. The molecule has 2 N–H and O–H groups in total. The molecule has 0 bridgehead atoms. The predicted octanol–water partition coefficient (Wildman–Crippen LogP) is 2.15. The molecule has 4 heteroatoms. The lowest BCUT2D eigenvalue weighted by molar-refractivity contribution is 0.192. The van der Waals surface area contributed by atoms with Crippen LogP contribution in [0.4, 0.5) is 10.5 Å². The summed E-state index contributed by atoms with van der Waals surface area (Å²) >= 11 is 0. The van der Waals surface area contributed by atoms with E-state index >= 15 is 0 Å². The van der Waals surface area contributed by atoms with Crippen LogP contribution in [0.2, 0.25) is 0 Å². The molecular weight excluding hydrogens is 216 g/mol. The van der Waals surface area contributed by atoms with Crippen molar-refractivity contribution < 1.29 is 9.90 Å². The molecule has 17 heavy (non-hydrogen) atoms. The van der Waals surface area contributed by atoms with E-state index in [1.807, 2.05) is 39.0 Å². The van der Waals surface area contributed by atoms with E-state index in [1.54, 1.807) is 4.90 Å². The van der Waals surface area contributed by atoms with Crippen LogP contribution in [0.25, 0.3) is 0 Å². The molecule has 1 aromatic carbocycles. The summed E-state index contributed by atoms with van der Waals surface area (Å²) < 4.78 is 0. The van der Waals surface area contributed by atoms with Gasteiger partial charge in [-0.2, -0.15) is 0 Å². The predicted molar refractivity (Wildman–Crippen MR) is 69.3 cm³/mol. The Bertz CT molecular complexity index is 391. The first-order valence-corrected chi connectivity index (χ1v) is 5.82. The lowest BCUT2D eigenvalue weighted by atomic mass is 10.1. The molecular formula is C13H20N2O2. The van der Waals surface area contributed by atoms with E-state index < -0.39 is 0 Å². The highest BCUT2D eigenvalue weighted by molar-refractivity contribution is 5.90. The summed E-state index contributed by atoms with van der Waals surface area (Å²) in [5.41, 5.74) is 3.03. The second-order valence-electron chi connectivity index (χ2n) is 4.05. The number of aliphatic hydroxyl groups is 1. The lowest BCUT2D eigenvalue weighted by Crippen LogP contribution is -2.36. The van der Waals surface area contributed by atoms with Crippen molar-refractivity contribution in [3.8, 4) is 0 Å². The number of aliphatic hydroxyl groups excluding tert-OH is 1. The summed E-state index contributed by atoms with van der Waals surface area (Å²) in [6.07, 6.45) is 0. The number of amides is 2. The lowest BCUT2D eigenvalue weighted by Gasteiger charge is -2.21. The summed E-state index contributed by atoms with van der Waals surface area (Å²) in [6.45, 7) is 6.78. The second-order valence-corrected chi connectivity index (χ2v) is 4.05. The van der Waals surface area contributed by atoms with E-state index in [2.05, 4.69) is 5.32 Å². The smallest absolute Gasteiger partial charge is 0.321 e. The summed E-state index contributed by atoms with van der Waals surface area (Å²) in [7, 11) is 0. The van der Waals surface area contributed by atoms with Gasteiger partial charge in [0.05, 0.1) is 6.61 Å². The number of hydrogen-bond acceptors (Lipinski definition) is 2. The van der Waals surface area contributed by atoms with Crippen LogP contribution in [0.1, 0.15) is 18.1 Å². The van der Waals surface area contributed by atoms with Crippen molar-refractivity contribution in [3.05, 3.63) is 29.3 Å². The van der Waals surface area contributed by atoms with Crippen molar-refractivity contribution in [1.82, 2.24) is 4.90 Å². The summed E-state index contributed by atoms with van der Waals surface area (Å²) in [4.78, 5) is 13.4. The number of likely N-dealkylation sites (N-methyl/N-ethyl adjacent to an activating group) is 1. The number of hydrogen-bond donors (Lipinski definition) is 2. The molecule has 0 saturated carbocycles. The van der Waals surface area contributed by atoms with Gasteiger partial charge < -0.3 is 15.3 Å². The molecule has 0 fully saturated rings. The Morgan fingerprint density at radius 1 is 1.41 bits per heavy atom. The van der Waals surface area contributed by atoms with Gasteiger partial charge >= 0.3 is 6.03 Å². The average molecular weight is 236 g/mol. The number of nitrogens with zero attached hydrogens (tertiary/aromatic N) is 1. The van der Waals surface area contributed by atoms with Gasteiger partial charge in [0.15, 0.2) is 0 Å². The average Bonchev–Trinajstić information content (AvgIpc) is 2.29. The quantitative estimate of drug-likeness (QED) is 0.841. The molecule has 0 aromatic heterocycles. The number of nitrogens with one attached hydrogen (secondary N) is 1. The Morgan fingerprint density at radius 3 is 2.65 bits per heavy atom. The van der Waals surface area contributed by atoms with E-state index in [0.29, 0.717) is 13.1 Å². The largest absolute Gasteiger partial charge is 0.395 e. The van der Waals surface area contributed by atoms with Gasteiger partial charge in [0, 0.05) is 18.8 Å². The summed E-state index contributed by atoms with van der Waals surface area (Å²) in [5, 5.41) is 11.7. The van der Waals surface area contributed by atoms with Crippen LogP contribution < -0.4 is 5.32 Å². The molecule has 2 amide bonds. The molecule has 1 aromatic rings. The van der Waals surface area contributed by atoms with E-state index in [9.17, 15) is 4.79 Å². The van der Waals surface area contributed by atoms with Crippen LogP contribution in [0.15, 0.2) is 18.2 Å². The molecule has 0 heterocycles. The van der Waals surface area contributed by atoms with E-state index in [0.717, 1.165) is 11.3 Å². The SMILES string of the molecule is CCN(CCO)C(=O)Nc1ccc(C)cc1C. The minimum Gasteiger partial charge on any atom is -0.395 e. The number of aryl methyl sites for hydroxylation is 2. The minimum absolute atomic E-state index is 0.0197. The Labute approximate surface area is 102 Å². The zero-order chi connectivity index (χ0) is 12.8. The molecule has 0 spiro atoms. The first kappa shape index (κ1) is 13.5. The molecule has 1 rings (SSSR count). The third-order valence-corrected chi connectivity index (χ3v) is 2.66. The van der Waals surface area contributed by atoms with E-state index in [-0.39, 0.29) is 12.6 Å². The fourth-order valence-corrected chi connectivity index (χ4v) is 1.67. The normalized spacial score (nSPS) is 10.1. The standard InChI is InChI=1S/C13H20N2O2/c1-4-15(7-8-16)13(17)14-12-6-5-10(2)9-11(12)3/h5-6,9,16H,4,7-8H2,1-3H3,(H,14,17). The van der Waals surface area contributed by atoms with Gasteiger partial charge in [-0.3, -0.25) is 0 Å². The first-order valence-electron chi connectivity index (χ1n) is 5.82. The van der Waals surface area contributed by atoms with Gasteiger partial charge in [-0.15, -0.1) is 0 Å². The minimum atomic E-state index is -0.173. The molecule has 0 aliphatic carbocycles. The molecule has 0 unspecified atom stereocenters. The van der Waals surface area contributed by atoms with Crippen molar-refractivity contribution >= 4 is 11.7 Å². The van der Waals surface area contributed by atoms with Gasteiger partial charge in [-0.05, 0) is 32.4 Å². The zero-order valence-corrected chi connectivity index (χ0v) is 10.7. The van der Waals surface area contributed by atoms with Gasteiger partial charge in [-0.25, -0.2) is 4.79 Å². The maximum Gasteiger partial charge on any atom is 0.321 e. The third-order valence-electron chi connectivity index (χ3n) is 2.66. The number of benzene rings is 1. The number of carbonyl (C=O) groups excluding carboxylic acids is 1. The summed E-state index contributed by atoms with van der Waals surface area (Å²) in [6, 6.07) is 5.71. The van der Waals surface area contributed by atoms with Crippen LogP contribution >= 0.6 is 0 Å². The van der Waals surface area contributed by atoms with Crippen LogP contribution in [-0.2, 0) is 0 Å². The highest BCUT2D eigenvalue weighted by Gasteiger charge is 2.11. The molecule has 94 valence electrons. The van der Waals surface area contributed by atoms with Crippen molar-refractivity contribution in [2.75, 3.05) is 25.0 Å². The molecule has 0 aliphatic rings. The molecule has 4 nitrogen and oxygen atoms in total. The Kier molecular flexibility index (Phi) is 4.97. The topological polar surface area (TPSA) is 52.6 Å². The Morgan fingerprint density at radius 2 is 2.12 bits per heavy atom. The van der Waals surface area contributed by atoms with Crippen LogP contribution in [-0.4, -0.2) is 35.7 Å². The van der Waals surface area contributed by atoms with Crippen LogP contribution in [0.5, 0.6) is 0 Å². The van der Waals surface area contributed by atoms with Crippen LogP contribution in [0, 0.1) is 13.8 Å². The maximum absolute atomic E-state index is 11.9. The van der Waals surface area contributed by atoms with Gasteiger partial charge in [0.25, 0.3) is 0 Å². The molecule has 0 radical (unpaired) electrons. The van der Waals surface area contributed by atoms with Gasteiger partial charge in [0.2, 0.25) is 0 Å². The monoisotopic (exact) mass is 236 g/mol. The second kappa shape index (κ2) is 6.25. The third kappa shape index (κ3) is 3.75. The van der Waals surface area contributed by atoms with Crippen molar-refractivity contribution in [2.24, 2.45) is 0 Å². The number of urea groups is 1. The number of anilines is 1.